The van der Waals surface area contributed by atoms with Crippen LogP contribution in [-0.2, 0) is 0 Å². The highest BCUT2D eigenvalue weighted by Crippen LogP contribution is 2.38. The van der Waals surface area contributed by atoms with Crippen molar-refractivity contribution in [3.63, 3.8) is 0 Å². The Morgan fingerprint density at radius 2 is 2.10 bits per heavy atom. The lowest BCUT2D eigenvalue weighted by atomic mass is 9.96. The number of nitrogens with zero attached hydrogens (tertiary/aromatic N) is 6. The van der Waals surface area contributed by atoms with E-state index in [9.17, 15) is 0 Å². The number of fused-ring (bicyclic) bond motifs is 2. The molecular weight excluding hydrogens is 388 g/mol. The topological polar surface area (TPSA) is 102 Å². The van der Waals surface area contributed by atoms with Crippen molar-refractivity contribution in [1.29, 1.82) is 5.26 Å². The summed E-state index contributed by atoms with van der Waals surface area (Å²) in [5.41, 5.74) is 1.69. The molecule has 8 heteroatoms. The Balaban J connectivity index is 1.57. The van der Waals surface area contributed by atoms with Crippen LogP contribution in [-0.4, -0.2) is 51.2 Å². The van der Waals surface area contributed by atoms with E-state index in [0.717, 1.165) is 36.5 Å². The van der Waals surface area contributed by atoms with Gasteiger partial charge in [0.1, 0.15) is 17.5 Å². The monoisotopic (exact) mass is 416 g/mol. The Hall–Kier alpha value is -3.31. The van der Waals surface area contributed by atoms with Gasteiger partial charge in [-0.15, -0.1) is 0 Å². The molecule has 2 aromatic rings. The van der Waals surface area contributed by atoms with Crippen LogP contribution in [0.1, 0.15) is 44.6 Å². The summed E-state index contributed by atoms with van der Waals surface area (Å²) in [6, 6.07) is 5.56. The van der Waals surface area contributed by atoms with Crippen LogP contribution < -0.4 is 10.6 Å². The van der Waals surface area contributed by atoms with E-state index in [0.29, 0.717) is 36.2 Å². The second-order valence-electron chi connectivity index (χ2n) is 8.01. The van der Waals surface area contributed by atoms with Crippen LogP contribution in [0.5, 0.6) is 0 Å². The van der Waals surface area contributed by atoms with Crippen LogP contribution in [0, 0.1) is 11.3 Å². The first-order chi connectivity index (χ1) is 15.2. The van der Waals surface area contributed by atoms with Crippen LogP contribution in [0.15, 0.2) is 35.7 Å². The van der Waals surface area contributed by atoms with E-state index in [1.165, 1.54) is 12.8 Å². The lowest BCUT2D eigenvalue weighted by molar-refractivity contribution is 0.135. The summed E-state index contributed by atoms with van der Waals surface area (Å²) in [5.74, 6) is 2.07. The second-order valence-corrected chi connectivity index (χ2v) is 8.01. The van der Waals surface area contributed by atoms with Crippen molar-refractivity contribution < 1.29 is 0 Å². The zero-order valence-electron chi connectivity index (χ0n) is 17.8. The van der Waals surface area contributed by atoms with Gasteiger partial charge in [-0.25, -0.2) is 9.97 Å². The average Bonchev–Trinajstić information content (AvgIpc) is 3.02. The van der Waals surface area contributed by atoms with Gasteiger partial charge in [0, 0.05) is 55.1 Å². The number of nitriles is 1. The van der Waals surface area contributed by atoms with E-state index >= 15 is 0 Å². The number of aliphatic imine (C=N–C) groups is 1. The number of nitrogens with one attached hydrogen (secondary N) is 2. The van der Waals surface area contributed by atoms with E-state index in [4.69, 9.17) is 10.2 Å². The van der Waals surface area contributed by atoms with Crippen molar-refractivity contribution in [3.05, 3.63) is 36.3 Å². The maximum absolute atomic E-state index is 8.97. The summed E-state index contributed by atoms with van der Waals surface area (Å²) >= 11 is 0. The summed E-state index contributed by atoms with van der Waals surface area (Å²) in [5, 5.41) is 15.9. The van der Waals surface area contributed by atoms with Gasteiger partial charge in [-0.3, -0.25) is 14.9 Å². The molecule has 2 bridgehead atoms. The van der Waals surface area contributed by atoms with Gasteiger partial charge in [-0.05, 0) is 39.3 Å². The third-order valence-electron chi connectivity index (χ3n) is 6.07. The van der Waals surface area contributed by atoms with Gasteiger partial charge in [-0.2, -0.15) is 5.26 Å². The number of rotatable bonds is 8. The molecule has 2 aromatic heterocycles. The fourth-order valence-corrected chi connectivity index (χ4v) is 4.80. The molecule has 3 atom stereocenters. The molecule has 160 valence electrons. The number of hydrogen-bond donors (Lipinski definition) is 2. The molecule has 2 saturated heterocycles. The molecule has 0 amide bonds. The van der Waals surface area contributed by atoms with Crippen LogP contribution in [0.4, 0.5) is 23.1 Å². The molecule has 2 aliphatic rings. The molecule has 0 spiro atoms. The Kier molecular flexibility index (Phi) is 6.53. The third-order valence-corrected chi connectivity index (χ3v) is 6.07. The zero-order chi connectivity index (χ0) is 21.6. The fourth-order valence-electron chi connectivity index (χ4n) is 4.80. The van der Waals surface area contributed by atoms with Crippen molar-refractivity contribution in [2.24, 2.45) is 4.99 Å². The van der Waals surface area contributed by atoms with Gasteiger partial charge >= 0.3 is 0 Å². The molecule has 0 aliphatic carbocycles. The Bertz CT molecular complexity index is 967. The molecule has 31 heavy (non-hydrogen) atoms. The zero-order valence-corrected chi connectivity index (χ0v) is 17.8. The molecule has 2 aliphatic heterocycles. The molecule has 2 N–H and O–H groups in total. The van der Waals surface area contributed by atoms with Crippen molar-refractivity contribution >= 4 is 35.9 Å². The van der Waals surface area contributed by atoms with Crippen LogP contribution in [0.3, 0.4) is 0 Å². The molecule has 0 radical (unpaired) electrons. The van der Waals surface area contributed by atoms with Crippen molar-refractivity contribution in [1.82, 2.24) is 19.9 Å². The number of aromatic nitrogens is 3. The number of allylic oxidation sites excluding steroid dienone is 1. The molecule has 1 unspecified atom stereocenters. The molecular formula is C23H28N8. The number of pyridine rings is 1. The summed E-state index contributed by atoms with van der Waals surface area (Å²) in [6.07, 6.45) is 14.0. The minimum atomic E-state index is 0.330. The third kappa shape index (κ3) is 4.72. The van der Waals surface area contributed by atoms with E-state index in [1.54, 1.807) is 18.6 Å². The first-order valence-electron chi connectivity index (χ1n) is 10.8. The minimum absolute atomic E-state index is 0.330. The molecule has 0 aromatic carbocycles. The van der Waals surface area contributed by atoms with Gasteiger partial charge in [0.25, 0.3) is 0 Å². The first kappa shape index (κ1) is 20.9. The van der Waals surface area contributed by atoms with E-state index in [1.807, 2.05) is 25.1 Å². The fraction of sp³-hybridized carbons (Fsp3) is 0.435. The number of anilines is 3. The molecule has 4 heterocycles. The number of hydrogen-bond acceptors (Lipinski definition) is 8. The summed E-state index contributed by atoms with van der Waals surface area (Å²) in [6.45, 7) is 6.61. The number of piperidine rings is 1. The lowest BCUT2D eigenvalue weighted by Gasteiger charge is -2.39. The normalized spacial score (nSPS) is 22.9. The molecule has 2 fully saturated rings. The van der Waals surface area contributed by atoms with E-state index in [-0.39, 0.29) is 0 Å². The van der Waals surface area contributed by atoms with Crippen LogP contribution >= 0.6 is 0 Å². The highest BCUT2D eigenvalue weighted by molar-refractivity contribution is 5.78. The Morgan fingerprint density at radius 1 is 1.29 bits per heavy atom. The lowest BCUT2D eigenvalue weighted by Crippen LogP contribution is -2.47. The van der Waals surface area contributed by atoms with E-state index in [2.05, 4.69) is 43.3 Å². The smallest absolute Gasteiger partial charge is 0.150 e. The van der Waals surface area contributed by atoms with Gasteiger partial charge in [0.05, 0.1) is 18.0 Å². The summed E-state index contributed by atoms with van der Waals surface area (Å²) in [4.78, 5) is 20.0. The Morgan fingerprint density at radius 3 is 2.74 bits per heavy atom. The van der Waals surface area contributed by atoms with Crippen molar-refractivity contribution in [2.45, 2.75) is 57.2 Å². The SMILES string of the molecule is C=Nc1cc(Nc2cnccn2)nc(NC2C[C@H]3CC[C@@H](C2)N3CCC#N)c1/C=C\C. The van der Waals surface area contributed by atoms with Gasteiger partial charge in [0.2, 0.25) is 0 Å². The maximum atomic E-state index is 8.97. The van der Waals surface area contributed by atoms with Gasteiger partial charge in [-0.1, -0.05) is 12.2 Å². The van der Waals surface area contributed by atoms with Gasteiger partial charge < -0.3 is 10.6 Å². The van der Waals surface area contributed by atoms with Crippen LogP contribution in [0.25, 0.3) is 6.08 Å². The summed E-state index contributed by atoms with van der Waals surface area (Å²) < 4.78 is 0. The summed E-state index contributed by atoms with van der Waals surface area (Å²) in [7, 11) is 0. The van der Waals surface area contributed by atoms with Crippen molar-refractivity contribution in [3.8, 4) is 6.07 Å². The van der Waals surface area contributed by atoms with E-state index < -0.39 is 0 Å². The highest BCUT2D eigenvalue weighted by atomic mass is 15.2. The van der Waals surface area contributed by atoms with Gasteiger partial charge in [0.15, 0.2) is 0 Å². The first-order valence-corrected chi connectivity index (χ1v) is 10.8. The Labute approximate surface area is 183 Å². The predicted molar refractivity (Wildman–Crippen MR) is 124 cm³/mol. The molecule has 4 rings (SSSR count). The predicted octanol–water partition coefficient (Wildman–Crippen LogP) is 4.30. The maximum Gasteiger partial charge on any atom is 0.150 e. The second kappa shape index (κ2) is 9.67. The van der Waals surface area contributed by atoms with Crippen molar-refractivity contribution in [2.75, 3.05) is 17.2 Å². The van der Waals surface area contributed by atoms with Crippen LogP contribution in [0.2, 0.25) is 0 Å². The quantitative estimate of drug-likeness (QED) is 0.619. The standard InChI is InChI=1S/C23H28N8/c1-3-5-19-20(25-2)14-21(29-22-15-26-9-10-27-22)30-23(19)28-16-12-17-6-7-18(13-16)31(17)11-4-8-24/h3,5,9-10,14-18H,2,4,6-7,11-13H2,1H3,(H2,27,28,29,30)/b5-3-/t16?,17-,18+. The minimum Gasteiger partial charge on any atom is -0.367 e. The average molecular weight is 417 g/mol. The highest BCUT2D eigenvalue weighted by Gasteiger charge is 2.40. The molecule has 8 nitrogen and oxygen atoms in total. The molecule has 0 saturated carbocycles. The largest absolute Gasteiger partial charge is 0.367 e.